The molecule has 0 bridgehead atoms. The van der Waals surface area contributed by atoms with E-state index in [-0.39, 0.29) is 5.91 Å². The van der Waals surface area contributed by atoms with E-state index in [1.165, 1.54) is 38.6 Å². The van der Waals surface area contributed by atoms with Crippen LogP contribution in [0.15, 0.2) is 0 Å². The van der Waals surface area contributed by atoms with E-state index in [0.717, 1.165) is 12.5 Å². The van der Waals surface area contributed by atoms with Gasteiger partial charge in [-0.1, -0.05) is 19.3 Å². The minimum absolute atomic E-state index is 0.127. The summed E-state index contributed by atoms with van der Waals surface area (Å²) in [6.07, 6.45) is 7.36. The van der Waals surface area contributed by atoms with Crippen LogP contribution >= 0.6 is 0 Å². The van der Waals surface area contributed by atoms with Gasteiger partial charge in [0.25, 0.3) is 0 Å². The van der Waals surface area contributed by atoms with Gasteiger partial charge in [0.15, 0.2) is 0 Å². The highest BCUT2D eigenvalue weighted by atomic mass is 16.2. The zero-order chi connectivity index (χ0) is 13.3. The summed E-state index contributed by atoms with van der Waals surface area (Å²) in [7, 11) is 6.13. The Hall–Kier alpha value is -0.570. The Bertz CT molecular complexity index is 198. The Kier molecular flexibility index (Phi) is 9.14. The summed E-state index contributed by atoms with van der Waals surface area (Å²) < 4.78 is 0. The number of rotatable bonds is 3. The first-order valence-corrected chi connectivity index (χ1v) is 6.83. The molecule has 0 atom stereocenters. The maximum atomic E-state index is 10.3. The summed E-state index contributed by atoms with van der Waals surface area (Å²) in [6.45, 7) is 5.61. The molecule has 0 N–H and O–H groups in total. The van der Waals surface area contributed by atoms with Gasteiger partial charge in [0, 0.05) is 27.1 Å². The third-order valence-electron chi connectivity index (χ3n) is 3.36. The predicted molar refractivity (Wildman–Crippen MR) is 74.1 cm³/mol. The first-order chi connectivity index (χ1) is 7.97. The molecule has 1 aliphatic rings. The van der Waals surface area contributed by atoms with Crippen LogP contribution in [-0.4, -0.2) is 49.9 Å². The molecule has 102 valence electrons. The first-order valence-electron chi connectivity index (χ1n) is 6.83. The molecule has 0 aromatic carbocycles. The van der Waals surface area contributed by atoms with Gasteiger partial charge in [0.2, 0.25) is 5.91 Å². The third kappa shape index (κ3) is 9.16. The van der Waals surface area contributed by atoms with Crippen molar-refractivity contribution >= 4 is 5.91 Å². The van der Waals surface area contributed by atoms with Gasteiger partial charge in [0.1, 0.15) is 0 Å². The van der Waals surface area contributed by atoms with Crippen LogP contribution in [0.4, 0.5) is 0 Å². The van der Waals surface area contributed by atoms with Crippen LogP contribution in [0.1, 0.15) is 46.0 Å². The molecule has 0 heterocycles. The number of hydrogen-bond acceptors (Lipinski definition) is 2. The molecule has 1 fully saturated rings. The lowest BCUT2D eigenvalue weighted by atomic mass is 9.89. The van der Waals surface area contributed by atoms with Crippen molar-refractivity contribution in [2.75, 3.05) is 34.2 Å². The van der Waals surface area contributed by atoms with Crippen LogP contribution in [0.5, 0.6) is 0 Å². The average Bonchev–Trinajstić information content (AvgIpc) is 2.29. The Morgan fingerprint density at radius 3 is 1.94 bits per heavy atom. The summed E-state index contributed by atoms with van der Waals surface area (Å²) in [5, 5.41) is 0. The molecule has 0 saturated heterocycles. The Balaban J connectivity index is 0.000000325. The van der Waals surface area contributed by atoms with Gasteiger partial charge in [-0.25, -0.2) is 0 Å². The average molecular weight is 242 g/mol. The Labute approximate surface area is 107 Å². The van der Waals surface area contributed by atoms with Gasteiger partial charge < -0.3 is 9.80 Å². The SMILES string of the molecule is CCN(C)C(C)=O.CN(C)CC1CCCCC1. The molecule has 3 heteroatoms. The second-order valence-electron chi connectivity index (χ2n) is 5.30. The summed E-state index contributed by atoms with van der Waals surface area (Å²) in [5.74, 6) is 1.13. The molecule has 1 aliphatic carbocycles. The molecule has 0 spiro atoms. The van der Waals surface area contributed by atoms with Crippen LogP contribution in [-0.2, 0) is 4.79 Å². The van der Waals surface area contributed by atoms with E-state index in [1.54, 1.807) is 18.9 Å². The lowest BCUT2D eigenvalue weighted by molar-refractivity contribution is -0.127. The monoisotopic (exact) mass is 242 g/mol. The predicted octanol–water partition coefficient (Wildman–Crippen LogP) is 2.61. The van der Waals surface area contributed by atoms with Crippen molar-refractivity contribution in [3.05, 3.63) is 0 Å². The van der Waals surface area contributed by atoms with E-state index < -0.39 is 0 Å². The van der Waals surface area contributed by atoms with E-state index in [0.29, 0.717) is 0 Å². The summed E-state index contributed by atoms with van der Waals surface area (Å²) in [6, 6.07) is 0. The number of nitrogens with zero attached hydrogens (tertiary/aromatic N) is 2. The van der Waals surface area contributed by atoms with Gasteiger partial charge >= 0.3 is 0 Å². The lowest BCUT2D eigenvalue weighted by Gasteiger charge is -2.24. The standard InChI is InChI=1S/C9H19N.C5H11NO/c1-10(2)8-9-6-4-3-5-7-9;1-4-6(3)5(2)7/h9H,3-8H2,1-2H3;4H2,1-3H3. The summed E-state index contributed by atoms with van der Waals surface area (Å²) in [5.41, 5.74) is 0. The molecule has 0 aromatic rings. The molecular formula is C14H30N2O. The van der Waals surface area contributed by atoms with Crippen molar-refractivity contribution in [1.82, 2.24) is 9.80 Å². The van der Waals surface area contributed by atoms with Gasteiger partial charge in [-0.2, -0.15) is 0 Å². The molecule has 17 heavy (non-hydrogen) atoms. The topological polar surface area (TPSA) is 23.6 Å². The summed E-state index contributed by atoms with van der Waals surface area (Å²) in [4.78, 5) is 14.3. The van der Waals surface area contributed by atoms with Crippen molar-refractivity contribution in [2.45, 2.75) is 46.0 Å². The number of amides is 1. The minimum Gasteiger partial charge on any atom is -0.346 e. The Morgan fingerprint density at radius 2 is 1.65 bits per heavy atom. The van der Waals surface area contributed by atoms with Crippen molar-refractivity contribution in [3.63, 3.8) is 0 Å². The fourth-order valence-corrected chi connectivity index (χ4v) is 2.11. The first kappa shape index (κ1) is 16.4. The fourth-order valence-electron chi connectivity index (χ4n) is 2.11. The largest absolute Gasteiger partial charge is 0.346 e. The molecule has 1 saturated carbocycles. The fraction of sp³-hybridized carbons (Fsp3) is 0.929. The van der Waals surface area contributed by atoms with Crippen LogP contribution in [0.3, 0.4) is 0 Å². The van der Waals surface area contributed by atoms with Crippen LogP contribution in [0, 0.1) is 5.92 Å². The normalized spacial score (nSPS) is 16.4. The van der Waals surface area contributed by atoms with E-state index in [9.17, 15) is 4.79 Å². The molecule has 1 amide bonds. The van der Waals surface area contributed by atoms with E-state index >= 15 is 0 Å². The van der Waals surface area contributed by atoms with Crippen LogP contribution in [0.2, 0.25) is 0 Å². The zero-order valence-corrected chi connectivity index (χ0v) is 12.3. The quantitative estimate of drug-likeness (QED) is 0.759. The van der Waals surface area contributed by atoms with Crippen molar-refractivity contribution in [1.29, 1.82) is 0 Å². The Morgan fingerprint density at radius 1 is 1.12 bits per heavy atom. The maximum absolute atomic E-state index is 10.3. The molecule has 0 aliphatic heterocycles. The number of carbonyl (C=O) groups excluding carboxylic acids is 1. The third-order valence-corrected chi connectivity index (χ3v) is 3.36. The second-order valence-corrected chi connectivity index (χ2v) is 5.30. The number of hydrogen-bond donors (Lipinski definition) is 0. The van der Waals surface area contributed by atoms with Crippen molar-refractivity contribution in [3.8, 4) is 0 Å². The smallest absolute Gasteiger partial charge is 0.219 e. The van der Waals surface area contributed by atoms with Gasteiger partial charge in [-0.05, 0) is 39.8 Å². The van der Waals surface area contributed by atoms with E-state index in [2.05, 4.69) is 19.0 Å². The van der Waals surface area contributed by atoms with Crippen LogP contribution in [0.25, 0.3) is 0 Å². The molecule has 1 rings (SSSR count). The van der Waals surface area contributed by atoms with Crippen LogP contribution < -0.4 is 0 Å². The van der Waals surface area contributed by atoms with Gasteiger partial charge in [-0.3, -0.25) is 4.79 Å². The minimum atomic E-state index is 0.127. The second kappa shape index (κ2) is 9.46. The lowest BCUT2D eigenvalue weighted by Crippen LogP contribution is -2.23. The van der Waals surface area contributed by atoms with E-state index in [1.807, 2.05) is 6.92 Å². The van der Waals surface area contributed by atoms with Crippen molar-refractivity contribution < 1.29 is 4.79 Å². The van der Waals surface area contributed by atoms with Crippen molar-refractivity contribution in [2.24, 2.45) is 5.92 Å². The van der Waals surface area contributed by atoms with Gasteiger partial charge in [0.05, 0.1) is 0 Å². The highest BCUT2D eigenvalue weighted by Gasteiger charge is 2.13. The van der Waals surface area contributed by atoms with Gasteiger partial charge in [-0.15, -0.1) is 0 Å². The number of carbonyl (C=O) groups is 1. The zero-order valence-electron chi connectivity index (χ0n) is 12.3. The molecule has 0 radical (unpaired) electrons. The molecule has 3 nitrogen and oxygen atoms in total. The highest BCUT2D eigenvalue weighted by Crippen LogP contribution is 2.23. The molecular weight excluding hydrogens is 212 g/mol. The molecule has 0 unspecified atom stereocenters. The summed E-state index contributed by atoms with van der Waals surface area (Å²) >= 11 is 0. The maximum Gasteiger partial charge on any atom is 0.219 e. The molecule has 0 aromatic heterocycles. The highest BCUT2D eigenvalue weighted by molar-refractivity contribution is 5.72. The van der Waals surface area contributed by atoms with E-state index in [4.69, 9.17) is 0 Å².